The fraction of sp³-hybridized carbons (Fsp3) is 0.429. The molecule has 2 atom stereocenters. The third-order valence-electron chi connectivity index (χ3n) is 6.67. The molecule has 3 fully saturated rings. The maximum absolute atomic E-state index is 4.96. The van der Waals surface area contributed by atoms with Crippen molar-refractivity contribution >= 4 is 39.1 Å². The van der Waals surface area contributed by atoms with Crippen LogP contribution in [0.15, 0.2) is 29.9 Å². The quantitative estimate of drug-likeness (QED) is 0.429. The molecule has 2 bridgehead atoms. The molecule has 10 heteroatoms. The minimum Gasteiger partial charge on any atom is -0.348 e. The van der Waals surface area contributed by atoms with E-state index >= 15 is 0 Å². The molecule has 6 heterocycles. The molecular formula is C21H23N9S. The summed E-state index contributed by atoms with van der Waals surface area (Å²) in [4.78, 5) is 22.4. The molecule has 0 unspecified atom stereocenters. The lowest BCUT2D eigenvalue weighted by molar-refractivity contribution is 0.225. The van der Waals surface area contributed by atoms with E-state index in [1.54, 1.807) is 11.3 Å². The van der Waals surface area contributed by atoms with Crippen LogP contribution in [0.25, 0.3) is 10.2 Å². The van der Waals surface area contributed by atoms with Gasteiger partial charge in [-0.15, -0.1) is 11.3 Å². The summed E-state index contributed by atoms with van der Waals surface area (Å²) in [6, 6.07) is 5.15. The Labute approximate surface area is 182 Å². The number of piperazine rings is 1. The lowest BCUT2D eigenvalue weighted by Crippen LogP contribution is -2.46. The van der Waals surface area contributed by atoms with Crippen LogP contribution in [0.1, 0.15) is 36.7 Å². The molecule has 3 N–H and O–H groups in total. The second-order valence-electron chi connectivity index (χ2n) is 8.78. The van der Waals surface area contributed by atoms with Crippen LogP contribution in [0.5, 0.6) is 0 Å². The van der Waals surface area contributed by atoms with Crippen LogP contribution < -0.4 is 10.2 Å². The third-order valence-corrected chi connectivity index (χ3v) is 7.58. The standard InChI is InChI=1S/C21H23N9S/c1-2-12(1)16-8-17(28-27-16)25-20-19-15(3-6-31-19)24-21(26-20)30-10-13-7-14(30)9-29(13)11-18-22-4-5-23-18/h3-6,8,12-14H,1-2,7,9-11H2,(H,22,23)(H2,24,25,26,27,28)/t13-,14+/m1/s1. The van der Waals surface area contributed by atoms with Gasteiger partial charge in [0.05, 0.1) is 16.8 Å². The third kappa shape index (κ3) is 3.09. The van der Waals surface area contributed by atoms with E-state index in [2.05, 4.69) is 52.8 Å². The van der Waals surface area contributed by atoms with Gasteiger partial charge < -0.3 is 15.2 Å². The number of hydrogen-bond acceptors (Lipinski definition) is 8. The maximum Gasteiger partial charge on any atom is 0.228 e. The number of thiophene rings is 1. The lowest BCUT2D eigenvalue weighted by Gasteiger charge is -2.33. The first-order valence-corrected chi connectivity index (χ1v) is 11.7. The fourth-order valence-corrected chi connectivity index (χ4v) is 5.73. The molecule has 1 saturated carbocycles. The number of H-pyrrole nitrogens is 2. The highest BCUT2D eigenvalue weighted by Crippen LogP contribution is 2.40. The van der Waals surface area contributed by atoms with E-state index in [1.165, 1.54) is 18.5 Å². The first-order chi connectivity index (χ1) is 15.3. The molecule has 2 aliphatic heterocycles. The zero-order chi connectivity index (χ0) is 20.4. The number of imidazole rings is 1. The molecule has 0 aromatic carbocycles. The minimum absolute atomic E-state index is 0.441. The van der Waals surface area contributed by atoms with Crippen LogP contribution in [0.3, 0.4) is 0 Å². The summed E-state index contributed by atoms with van der Waals surface area (Å²) >= 11 is 1.67. The molecule has 0 amide bonds. The Hall–Kier alpha value is -2.98. The van der Waals surface area contributed by atoms with Crippen LogP contribution in [0.4, 0.5) is 17.6 Å². The Morgan fingerprint density at radius 1 is 1.19 bits per heavy atom. The maximum atomic E-state index is 4.96. The molecule has 9 nitrogen and oxygen atoms in total. The van der Waals surface area contributed by atoms with Crippen molar-refractivity contribution in [1.29, 1.82) is 0 Å². The van der Waals surface area contributed by atoms with Gasteiger partial charge in [-0.25, -0.2) is 9.97 Å². The van der Waals surface area contributed by atoms with E-state index in [0.29, 0.717) is 18.0 Å². The fourth-order valence-electron chi connectivity index (χ4n) is 4.95. The van der Waals surface area contributed by atoms with Crippen LogP contribution in [0.2, 0.25) is 0 Å². The number of anilines is 3. The van der Waals surface area contributed by atoms with Gasteiger partial charge in [-0.3, -0.25) is 10.00 Å². The van der Waals surface area contributed by atoms with Gasteiger partial charge in [0.1, 0.15) is 5.82 Å². The van der Waals surface area contributed by atoms with Crippen molar-refractivity contribution in [1.82, 2.24) is 35.0 Å². The molecule has 4 aromatic rings. The normalized spacial score (nSPS) is 23.3. The summed E-state index contributed by atoms with van der Waals surface area (Å²) in [6.07, 6.45) is 7.37. The molecule has 0 spiro atoms. The van der Waals surface area contributed by atoms with Crippen LogP contribution in [-0.4, -0.2) is 60.2 Å². The van der Waals surface area contributed by atoms with Gasteiger partial charge in [-0.1, -0.05) is 0 Å². The number of fused-ring (bicyclic) bond motifs is 3. The van der Waals surface area contributed by atoms with Gasteiger partial charge >= 0.3 is 0 Å². The molecule has 1 aliphatic carbocycles. The molecule has 158 valence electrons. The van der Waals surface area contributed by atoms with E-state index < -0.39 is 0 Å². The van der Waals surface area contributed by atoms with E-state index in [4.69, 9.17) is 9.97 Å². The molecule has 4 aromatic heterocycles. The predicted octanol–water partition coefficient (Wildman–Crippen LogP) is 3.22. The predicted molar refractivity (Wildman–Crippen MR) is 120 cm³/mol. The minimum atomic E-state index is 0.441. The van der Waals surface area contributed by atoms with Gasteiger partial charge in [0.15, 0.2) is 11.6 Å². The second kappa shape index (κ2) is 6.76. The second-order valence-corrected chi connectivity index (χ2v) is 9.69. The number of nitrogens with one attached hydrogen (secondary N) is 3. The van der Waals surface area contributed by atoms with Crippen LogP contribution in [-0.2, 0) is 6.54 Å². The van der Waals surface area contributed by atoms with Crippen molar-refractivity contribution in [2.45, 2.75) is 43.8 Å². The number of rotatable bonds is 6. The summed E-state index contributed by atoms with van der Waals surface area (Å²) in [5.74, 6) is 4.17. The Morgan fingerprint density at radius 3 is 2.97 bits per heavy atom. The highest BCUT2D eigenvalue weighted by Gasteiger charge is 2.44. The van der Waals surface area contributed by atoms with Gasteiger partial charge in [-0.05, 0) is 30.7 Å². The molecule has 2 saturated heterocycles. The molecule has 7 rings (SSSR count). The van der Waals surface area contributed by atoms with Crippen molar-refractivity contribution in [3.8, 4) is 0 Å². The average molecular weight is 434 g/mol. The Morgan fingerprint density at radius 2 is 2.16 bits per heavy atom. The summed E-state index contributed by atoms with van der Waals surface area (Å²) in [7, 11) is 0. The highest BCUT2D eigenvalue weighted by atomic mass is 32.1. The van der Waals surface area contributed by atoms with Gasteiger partial charge in [0.2, 0.25) is 5.95 Å². The Kier molecular flexibility index (Phi) is 3.85. The Balaban J connectivity index is 1.14. The van der Waals surface area contributed by atoms with Gasteiger partial charge in [0, 0.05) is 55.2 Å². The van der Waals surface area contributed by atoms with Gasteiger partial charge in [-0.2, -0.15) is 10.1 Å². The number of aromatic nitrogens is 6. The first kappa shape index (κ1) is 17.7. The van der Waals surface area contributed by atoms with Crippen LogP contribution in [0, 0.1) is 0 Å². The molecular weight excluding hydrogens is 410 g/mol. The smallest absolute Gasteiger partial charge is 0.228 e. The number of likely N-dealkylation sites (tertiary alicyclic amines) is 1. The number of aromatic amines is 2. The van der Waals surface area contributed by atoms with Crippen LogP contribution >= 0.6 is 11.3 Å². The zero-order valence-corrected chi connectivity index (χ0v) is 17.8. The van der Waals surface area contributed by atoms with Crippen molar-refractivity contribution in [2.75, 3.05) is 23.3 Å². The number of nitrogens with zero attached hydrogens (tertiary/aromatic N) is 6. The van der Waals surface area contributed by atoms with Crippen molar-refractivity contribution in [2.24, 2.45) is 0 Å². The first-order valence-electron chi connectivity index (χ1n) is 10.9. The van der Waals surface area contributed by atoms with Crippen molar-refractivity contribution in [3.05, 3.63) is 41.4 Å². The van der Waals surface area contributed by atoms with Crippen molar-refractivity contribution in [3.63, 3.8) is 0 Å². The Bertz CT molecular complexity index is 1220. The molecule has 3 aliphatic rings. The summed E-state index contributed by atoms with van der Waals surface area (Å²) in [5.41, 5.74) is 2.21. The number of hydrogen-bond donors (Lipinski definition) is 3. The highest BCUT2D eigenvalue weighted by molar-refractivity contribution is 7.17. The largest absolute Gasteiger partial charge is 0.348 e. The summed E-state index contributed by atoms with van der Waals surface area (Å²) in [6.45, 7) is 2.85. The molecule has 0 radical (unpaired) electrons. The lowest BCUT2D eigenvalue weighted by atomic mass is 10.2. The topological polar surface area (TPSA) is 102 Å². The SMILES string of the molecule is c1c[nH]c(CN2C[C@@H]3C[C@@H]2CN3c2nc(Nc3cc(C4CC4)[nH]n3)c3sccc3n2)n1. The van der Waals surface area contributed by atoms with E-state index in [1.807, 2.05) is 12.4 Å². The average Bonchev–Trinajstić information content (AvgIpc) is 3.32. The summed E-state index contributed by atoms with van der Waals surface area (Å²) < 4.78 is 1.07. The monoisotopic (exact) mass is 433 g/mol. The van der Waals surface area contributed by atoms with E-state index in [9.17, 15) is 0 Å². The van der Waals surface area contributed by atoms with Gasteiger partial charge in [0.25, 0.3) is 0 Å². The van der Waals surface area contributed by atoms with Crippen molar-refractivity contribution < 1.29 is 0 Å². The zero-order valence-electron chi connectivity index (χ0n) is 17.0. The molecule has 31 heavy (non-hydrogen) atoms. The summed E-state index contributed by atoms with van der Waals surface area (Å²) in [5, 5.41) is 13.2. The van der Waals surface area contributed by atoms with E-state index in [0.717, 1.165) is 59.7 Å². The van der Waals surface area contributed by atoms with E-state index in [-0.39, 0.29) is 0 Å².